The molecule has 214 valence electrons. The molecule has 0 saturated heterocycles. The van der Waals surface area contributed by atoms with Gasteiger partial charge in [0, 0.05) is 5.75 Å². The molecule has 0 radical (unpaired) electrons. The van der Waals surface area contributed by atoms with Crippen LogP contribution in [0.25, 0.3) is 0 Å². The van der Waals surface area contributed by atoms with Gasteiger partial charge >= 0.3 is 6.09 Å². The standard InChI is InChI=1S/C31H37NO6S2/c1-31(2,3)23-38-40(34,35)20-19-28(32-30(33)37-21-24-11-7-5-8-12-24)29(26-13-9-6-10-14-26)39-22-25-15-17-27(36-4)18-16-25/h5-20,28-29H,21-23H2,1-4H3,(H,32,33). The number of carbonyl (C=O) groups is 1. The molecule has 1 amide bonds. The van der Waals surface area contributed by atoms with E-state index in [1.807, 2.05) is 106 Å². The lowest BCUT2D eigenvalue weighted by atomic mass is 9.99. The monoisotopic (exact) mass is 583 g/mol. The molecule has 0 heterocycles. The van der Waals surface area contributed by atoms with Crippen LogP contribution < -0.4 is 10.1 Å². The third-order valence-electron chi connectivity index (χ3n) is 5.65. The Bertz CT molecular complexity index is 1320. The summed E-state index contributed by atoms with van der Waals surface area (Å²) in [4.78, 5) is 12.9. The van der Waals surface area contributed by atoms with E-state index in [-0.39, 0.29) is 23.9 Å². The number of hydrogen-bond acceptors (Lipinski definition) is 7. The molecule has 3 aromatic carbocycles. The van der Waals surface area contributed by atoms with Gasteiger partial charge in [0.05, 0.1) is 30.4 Å². The molecule has 0 spiro atoms. The highest BCUT2D eigenvalue weighted by Crippen LogP contribution is 2.36. The zero-order chi connectivity index (χ0) is 29.0. The second-order valence-corrected chi connectivity index (χ2v) is 13.0. The molecule has 0 bridgehead atoms. The Morgan fingerprint density at radius 3 is 2.15 bits per heavy atom. The lowest BCUT2D eigenvalue weighted by Gasteiger charge is -2.26. The molecule has 9 heteroatoms. The highest BCUT2D eigenvalue weighted by Gasteiger charge is 2.26. The van der Waals surface area contributed by atoms with Gasteiger partial charge < -0.3 is 14.8 Å². The fraction of sp³-hybridized carbons (Fsp3) is 0.323. The minimum absolute atomic E-state index is 0.0330. The van der Waals surface area contributed by atoms with Crippen molar-refractivity contribution in [2.75, 3.05) is 13.7 Å². The first-order valence-corrected chi connectivity index (χ1v) is 15.4. The molecule has 7 nitrogen and oxygen atoms in total. The Hall–Kier alpha value is -3.27. The number of alkyl carbamates (subject to hydrolysis) is 1. The van der Waals surface area contributed by atoms with E-state index in [0.29, 0.717) is 5.75 Å². The van der Waals surface area contributed by atoms with Crippen LogP contribution in [-0.2, 0) is 31.4 Å². The van der Waals surface area contributed by atoms with Crippen LogP contribution >= 0.6 is 11.8 Å². The Balaban J connectivity index is 1.86. The maximum atomic E-state index is 12.9. The lowest BCUT2D eigenvalue weighted by Crippen LogP contribution is -2.37. The zero-order valence-electron chi connectivity index (χ0n) is 23.3. The number of thioether (sulfide) groups is 1. The number of carbonyl (C=O) groups excluding carboxylic acids is 1. The van der Waals surface area contributed by atoms with Gasteiger partial charge in [0.1, 0.15) is 12.4 Å². The molecule has 3 rings (SSSR count). The number of benzene rings is 3. The number of ether oxygens (including phenoxy) is 2. The first-order valence-electron chi connectivity index (χ1n) is 12.9. The molecule has 0 saturated carbocycles. The van der Waals surface area contributed by atoms with Crippen LogP contribution in [0.1, 0.15) is 42.7 Å². The van der Waals surface area contributed by atoms with Crippen molar-refractivity contribution in [3.63, 3.8) is 0 Å². The lowest BCUT2D eigenvalue weighted by molar-refractivity contribution is 0.137. The molecule has 2 unspecified atom stereocenters. The summed E-state index contributed by atoms with van der Waals surface area (Å²) in [6, 6.07) is 26.0. The van der Waals surface area contributed by atoms with Gasteiger partial charge in [-0.05, 0) is 40.3 Å². The van der Waals surface area contributed by atoms with E-state index in [4.69, 9.17) is 13.7 Å². The first-order chi connectivity index (χ1) is 19.0. The van der Waals surface area contributed by atoms with Gasteiger partial charge in [-0.15, -0.1) is 11.8 Å². The van der Waals surface area contributed by atoms with Crippen molar-refractivity contribution in [3.05, 3.63) is 113 Å². The second kappa shape index (κ2) is 14.9. The highest BCUT2D eigenvalue weighted by atomic mass is 32.2. The quantitative estimate of drug-likeness (QED) is 0.220. The van der Waals surface area contributed by atoms with Gasteiger partial charge in [0.2, 0.25) is 0 Å². The summed E-state index contributed by atoms with van der Waals surface area (Å²) in [5.41, 5.74) is 2.49. The highest BCUT2D eigenvalue weighted by molar-refractivity contribution is 7.98. The van der Waals surface area contributed by atoms with Crippen molar-refractivity contribution >= 4 is 28.0 Å². The molecule has 0 aromatic heterocycles. The number of nitrogens with one attached hydrogen (secondary N) is 1. The summed E-state index contributed by atoms with van der Waals surface area (Å²) in [6.45, 7) is 5.79. The Morgan fingerprint density at radius 1 is 0.925 bits per heavy atom. The van der Waals surface area contributed by atoms with Gasteiger partial charge in [-0.3, -0.25) is 4.18 Å². The van der Waals surface area contributed by atoms with Gasteiger partial charge in [0.15, 0.2) is 0 Å². The van der Waals surface area contributed by atoms with Gasteiger partial charge in [-0.2, -0.15) is 8.42 Å². The zero-order valence-corrected chi connectivity index (χ0v) is 24.9. The number of methoxy groups -OCH3 is 1. The van der Waals surface area contributed by atoms with Gasteiger partial charge in [0.25, 0.3) is 10.1 Å². The van der Waals surface area contributed by atoms with Crippen LogP contribution in [0.15, 0.2) is 96.4 Å². The number of hydrogen-bond donors (Lipinski definition) is 1. The summed E-state index contributed by atoms with van der Waals surface area (Å²) in [6.07, 6.45) is 0.804. The molecular weight excluding hydrogens is 546 g/mol. The van der Waals surface area contributed by atoms with Crippen LogP contribution in [-0.4, -0.2) is 34.3 Å². The third kappa shape index (κ3) is 11.1. The van der Waals surface area contributed by atoms with Crippen molar-refractivity contribution < 1.29 is 26.9 Å². The molecular formula is C31H37NO6S2. The largest absolute Gasteiger partial charge is 0.497 e. The first kappa shape index (κ1) is 31.3. The molecule has 1 N–H and O–H groups in total. The van der Waals surface area contributed by atoms with Crippen molar-refractivity contribution in [1.29, 1.82) is 0 Å². The molecule has 0 aliphatic rings. The van der Waals surface area contributed by atoms with Crippen molar-refractivity contribution in [2.45, 2.75) is 44.4 Å². The van der Waals surface area contributed by atoms with E-state index in [1.54, 1.807) is 18.9 Å². The van der Waals surface area contributed by atoms with Crippen molar-refractivity contribution in [1.82, 2.24) is 5.32 Å². The summed E-state index contributed by atoms with van der Waals surface area (Å²) in [5.74, 6) is 1.37. The molecule has 40 heavy (non-hydrogen) atoms. The van der Waals surface area contributed by atoms with Crippen LogP contribution in [0.2, 0.25) is 0 Å². The molecule has 0 aliphatic carbocycles. The molecule has 2 atom stereocenters. The summed E-state index contributed by atoms with van der Waals surface area (Å²) in [5, 5.41) is 3.56. The second-order valence-electron chi connectivity index (χ2n) is 10.4. The fourth-order valence-electron chi connectivity index (χ4n) is 3.56. The van der Waals surface area contributed by atoms with Crippen molar-refractivity contribution in [3.8, 4) is 5.75 Å². The van der Waals surface area contributed by atoms with E-state index >= 15 is 0 Å². The van der Waals surface area contributed by atoms with E-state index in [9.17, 15) is 13.2 Å². The maximum absolute atomic E-state index is 12.9. The molecule has 3 aromatic rings. The van der Waals surface area contributed by atoms with Gasteiger partial charge in [-0.1, -0.05) is 93.6 Å². The van der Waals surface area contributed by atoms with E-state index in [1.165, 1.54) is 6.08 Å². The summed E-state index contributed by atoms with van der Waals surface area (Å²) < 4.78 is 41.4. The van der Waals surface area contributed by atoms with E-state index in [0.717, 1.165) is 27.8 Å². The maximum Gasteiger partial charge on any atom is 0.407 e. The summed E-state index contributed by atoms with van der Waals surface area (Å²) >= 11 is 1.58. The minimum Gasteiger partial charge on any atom is -0.497 e. The van der Waals surface area contributed by atoms with Crippen LogP contribution in [0.3, 0.4) is 0 Å². The Kier molecular flexibility index (Phi) is 11.7. The van der Waals surface area contributed by atoms with Crippen molar-refractivity contribution in [2.24, 2.45) is 5.41 Å². The van der Waals surface area contributed by atoms with Crippen LogP contribution in [0.5, 0.6) is 5.75 Å². The van der Waals surface area contributed by atoms with Gasteiger partial charge in [-0.25, -0.2) is 4.79 Å². The summed E-state index contributed by atoms with van der Waals surface area (Å²) in [7, 11) is -2.37. The topological polar surface area (TPSA) is 90.9 Å². The van der Waals surface area contributed by atoms with Crippen LogP contribution in [0, 0.1) is 5.41 Å². The fourth-order valence-corrected chi connectivity index (χ4v) is 5.80. The predicted octanol–water partition coefficient (Wildman–Crippen LogP) is 6.87. The minimum atomic E-state index is -3.99. The third-order valence-corrected chi connectivity index (χ3v) is 8.01. The molecule has 0 aliphatic heterocycles. The Morgan fingerprint density at radius 2 is 1.55 bits per heavy atom. The predicted molar refractivity (Wildman–Crippen MR) is 160 cm³/mol. The Labute approximate surface area is 242 Å². The molecule has 0 fully saturated rings. The normalized spacial score (nSPS) is 13.5. The number of amides is 1. The van der Waals surface area contributed by atoms with Crippen LogP contribution in [0.4, 0.5) is 4.79 Å². The average Bonchev–Trinajstić information content (AvgIpc) is 2.95. The number of rotatable bonds is 13. The van der Waals surface area contributed by atoms with E-state index < -0.39 is 22.3 Å². The van der Waals surface area contributed by atoms with E-state index in [2.05, 4.69) is 5.32 Å². The smallest absolute Gasteiger partial charge is 0.407 e. The average molecular weight is 584 g/mol. The SMILES string of the molecule is COc1ccc(CSC(c2ccccc2)C(C=CS(=O)(=O)OCC(C)(C)C)NC(=O)OCc2ccccc2)cc1.